The molecule has 3 N–H and O–H groups in total. The van der Waals surface area contributed by atoms with Gasteiger partial charge < -0.3 is 16.0 Å². The lowest BCUT2D eigenvalue weighted by Crippen LogP contribution is -2.32. The van der Waals surface area contributed by atoms with E-state index in [0.29, 0.717) is 25.0 Å². The Kier molecular flexibility index (Phi) is 3.54. The Hall–Kier alpha value is -0.770. The van der Waals surface area contributed by atoms with Crippen LogP contribution < -0.4 is 11.1 Å². The Morgan fingerprint density at radius 2 is 2.38 bits per heavy atom. The number of nitrogens with zero attached hydrogens (tertiary/aromatic N) is 1. The summed E-state index contributed by atoms with van der Waals surface area (Å²) in [5.41, 5.74) is 5.40. The van der Waals surface area contributed by atoms with E-state index >= 15 is 0 Å². The summed E-state index contributed by atoms with van der Waals surface area (Å²) in [5, 5.41) is 2.95. The van der Waals surface area contributed by atoms with Gasteiger partial charge in [-0.15, -0.1) is 0 Å². The smallest absolute Gasteiger partial charge is 0.317 e. The largest absolute Gasteiger partial charge is 0.333 e. The van der Waals surface area contributed by atoms with Crippen LogP contribution in [-0.2, 0) is 0 Å². The highest BCUT2D eigenvalue weighted by atomic mass is 16.2. The van der Waals surface area contributed by atoms with Crippen molar-refractivity contribution in [2.75, 3.05) is 19.6 Å². The number of hydrogen-bond acceptors (Lipinski definition) is 2. The van der Waals surface area contributed by atoms with Crippen LogP contribution in [0.3, 0.4) is 0 Å². The lowest BCUT2D eigenvalue weighted by Gasteiger charge is -2.13. The molecule has 1 atom stereocenters. The standard InChI is InChI=1S/C9H19N3O/c1-7(2)5-8-6-12(4-3-10)9(13)11-8/h7-8H,3-6,10H2,1-2H3,(H,11,13). The van der Waals surface area contributed by atoms with Crippen molar-refractivity contribution in [3.63, 3.8) is 0 Å². The Morgan fingerprint density at radius 3 is 2.92 bits per heavy atom. The fourth-order valence-corrected chi connectivity index (χ4v) is 1.71. The molecule has 1 aliphatic heterocycles. The van der Waals surface area contributed by atoms with Crippen LogP contribution in [0.15, 0.2) is 0 Å². The molecule has 1 heterocycles. The molecule has 13 heavy (non-hydrogen) atoms. The molecule has 1 fully saturated rings. The summed E-state index contributed by atoms with van der Waals surface area (Å²) in [6, 6.07) is 0.357. The Morgan fingerprint density at radius 1 is 1.69 bits per heavy atom. The molecular formula is C9H19N3O. The molecule has 4 heteroatoms. The van der Waals surface area contributed by atoms with Gasteiger partial charge in [-0.2, -0.15) is 0 Å². The van der Waals surface area contributed by atoms with Gasteiger partial charge in [0.05, 0.1) is 0 Å². The van der Waals surface area contributed by atoms with Crippen molar-refractivity contribution >= 4 is 6.03 Å². The Balaban J connectivity index is 2.36. The average Bonchev–Trinajstić information content (AvgIpc) is 2.31. The first-order valence-electron chi connectivity index (χ1n) is 4.89. The van der Waals surface area contributed by atoms with Gasteiger partial charge in [0.25, 0.3) is 0 Å². The third kappa shape index (κ3) is 2.88. The summed E-state index contributed by atoms with van der Waals surface area (Å²) in [6.45, 7) is 6.35. The lowest BCUT2D eigenvalue weighted by molar-refractivity contribution is 0.218. The van der Waals surface area contributed by atoms with E-state index < -0.39 is 0 Å². The third-order valence-corrected chi connectivity index (χ3v) is 2.21. The minimum absolute atomic E-state index is 0.0381. The van der Waals surface area contributed by atoms with E-state index in [1.807, 2.05) is 0 Å². The predicted octanol–water partition coefficient (Wildman–Crippen LogP) is 0.385. The average molecular weight is 185 g/mol. The third-order valence-electron chi connectivity index (χ3n) is 2.21. The van der Waals surface area contributed by atoms with Gasteiger partial charge in [-0.25, -0.2) is 4.79 Å². The van der Waals surface area contributed by atoms with Crippen LogP contribution in [0.25, 0.3) is 0 Å². The fourth-order valence-electron chi connectivity index (χ4n) is 1.71. The minimum atomic E-state index is 0.0381. The van der Waals surface area contributed by atoms with Crippen molar-refractivity contribution in [1.82, 2.24) is 10.2 Å². The number of rotatable bonds is 4. The molecule has 0 aromatic rings. The predicted molar refractivity (Wildman–Crippen MR) is 52.4 cm³/mol. The second-order valence-corrected chi connectivity index (χ2v) is 4.01. The lowest BCUT2D eigenvalue weighted by atomic mass is 10.0. The van der Waals surface area contributed by atoms with Crippen LogP contribution in [0, 0.1) is 5.92 Å². The van der Waals surface area contributed by atoms with Gasteiger partial charge in [-0.05, 0) is 12.3 Å². The summed E-state index contributed by atoms with van der Waals surface area (Å²) in [7, 11) is 0. The number of hydrogen-bond donors (Lipinski definition) is 2. The summed E-state index contributed by atoms with van der Waals surface area (Å²) < 4.78 is 0. The number of carbonyl (C=O) groups is 1. The van der Waals surface area contributed by atoms with E-state index in [9.17, 15) is 4.79 Å². The number of nitrogens with one attached hydrogen (secondary N) is 1. The van der Waals surface area contributed by atoms with Crippen LogP contribution in [-0.4, -0.2) is 36.6 Å². The van der Waals surface area contributed by atoms with Crippen molar-refractivity contribution in [1.29, 1.82) is 0 Å². The molecule has 1 unspecified atom stereocenters. The summed E-state index contributed by atoms with van der Waals surface area (Å²) in [5.74, 6) is 0.628. The van der Waals surface area contributed by atoms with Gasteiger partial charge in [-0.1, -0.05) is 13.8 Å². The Labute approximate surface area is 79.5 Å². The quantitative estimate of drug-likeness (QED) is 0.665. The molecule has 1 rings (SSSR count). The maximum Gasteiger partial charge on any atom is 0.317 e. The first kappa shape index (κ1) is 10.3. The number of amides is 2. The van der Waals surface area contributed by atoms with Crippen molar-refractivity contribution in [2.45, 2.75) is 26.3 Å². The molecule has 1 aliphatic rings. The molecule has 76 valence electrons. The van der Waals surface area contributed by atoms with Crippen LogP contribution in [0.2, 0.25) is 0 Å². The molecule has 0 aromatic carbocycles. The topological polar surface area (TPSA) is 58.4 Å². The number of nitrogens with two attached hydrogens (primary N) is 1. The van der Waals surface area contributed by atoms with Crippen molar-refractivity contribution < 1.29 is 4.79 Å². The molecule has 2 amide bonds. The maximum atomic E-state index is 11.3. The van der Waals surface area contributed by atoms with E-state index in [2.05, 4.69) is 19.2 Å². The number of urea groups is 1. The zero-order valence-corrected chi connectivity index (χ0v) is 8.42. The van der Waals surface area contributed by atoms with Gasteiger partial charge in [-0.3, -0.25) is 0 Å². The normalized spacial score (nSPS) is 22.6. The van der Waals surface area contributed by atoms with Gasteiger partial charge >= 0.3 is 6.03 Å². The first-order chi connectivity index (χ1) is 6.13. The second kappa shape index (κ2) is 4.46. The number of carbonyl (C=O) groups excluding carboxylic acids is 1. The zero-order chi connectivity index (χ0) is 9.84. The van der Waals surface area contributed by atoms with Gasteiger partial charge in [0.2, 0.25) is 0 Å². The van der Waals surface area contributed by atoms with Crippen LogP contribution in [0.5, 0.6) is 0 Å². The van der Waals surface area contributed by atoms with Crippen molar-refractivity contribution in [3.05, 3.63) is 0 Å². The highest BCUT2D eigenvalue weighted by Crippen LogP contribution is 2.11. The molecule has 4 nitrogen and oxygen atoms in total. The molecule has 0 radical (unpaired) electrons. The van der Waals surface area contributed by atoms with Crippen LogP contribution in [0.1, 0.15) is 20.3 Å². The van der Waals surface area contributed by atoms with Gasteiger partial charge in [0, 0.05) is 25.7 Å². The molecule has 0 aromatic heterocycles. The molecular weight excluding hydrogens is 166 g/mol. The summed E-state index contributed by atoms with van der Waals surface area (Å²) in [6.07, 6.45) is 1.05. The maximum absolute atomic E-state index is 11.3. The highest BCUT2D eigenvalue weighted by molar-refractivity contribution is 5.76. The summed E-state index contributed by atoms with van der Waals surface area (Å²) in [4.78, 5) is 13.1. The molecule has 0 aliphatic carbocycles. The van der Waals surface area contributed by atoms with E-state index in [1.54, 1.807) is 4.90 Å². The van der Waals surface area contributed by atoms with E-state index in [1.165, 1.54) is 0 Å². The van der Waals surface area contributed by atoms with Gasteiger partial charge in [0.15, 0.2) is 0 Å². The van der Waals surface area contributed by atoms with E-state index in [4.69, 9.17) is 5.73 Å². The van der Waals surface area contributed by atoms with Crippen molar-refractivity contribution in [2.24, 2.45) is 11.7 Å². The summed E-state index contributed by atoms with van der Waals surface area (Å²) >= 11 is 0. The Bertz CT molecular complexity index is 182. The fraction of sp³-hybridized carbons (Fsp3) is 0.889. The molecule has 0 spiro atoms. The van der Waals surface area contributed by atoms with E-state index in [-0.39, 0.29) is 6.03 Å². The molecule has 0 bridgehead atoms. The van der Waals surface area contributed by atoms with Crippen LogP contribution in [0.4, 0.5) is 4.79 Å². The van der Waals surface area contributed by atoms with E-state index in [0.717, 1.165) is 13.0 Å². The second-order valence-electron chi connectivity index (χ2n) is 4.01. The highest BCUT2D eigenvalue weighted by Gasteiger charge is 2.27. The van der Waals surface area contributed by atoms with Crippen molar-refractivity contribution in [3.8, 4) is 0 Å². The zero-order valence-electron chi connectivity index (χ0n) is 8.42. The minimum Gasteiger partial charge on any atom is -0.333 e. The van der Waals surface area contributed by atoms with Gasteiger partial charge in [0.1, 0.15) is 0 Å². The molecule has 0 saturated carbocycles. The molecule has 1 saturated heterocycles. The first-order valence-corrected chi connectivity index (χ1v) is 4.89. The monoisotopic (exact) mass is 185 g/mol. The van der Waals surface area contributed by atoms with Crippen LogP contribution >= 0.6 is 0 Å². The SMILES string of the molecule is CC(C)CC1CN(CCN)C(=O)N1.